The Kier molecular flexibility index (Phi) is 5.62. The SMILES string of the molecule is COC(=O)c1ccc(NC(=O)CSC(C)(C)C)c(C)c1. The van der Waals surface area contributed by atoms with Crippen molar-refractivity contribution in [2.45, 2.75) is 32.4 Å². The van der Waals surface area contributed by atoms with Crippen LogP contribution in [0.25, 0.3) is 0 Å². The van der Waals surface area contributed by atoms with Gasteiger partial charge < -0.3 is 10.1 Å². The highest BCUT2D eigenvalue weighted by atomic mass is 32.2. The normalized spacial score (nSPS) is 11.1. The topological polar surface area (TPSA) is 55.4 Å². The van der Waals surface area contributed by atoms with Crippen LogP contribution in [0.3, 0.4) is 0 Å². The van der Waals surface area contributed by atoms with Crippen LogP contribution in [0.15, 0.2) is 18.2 Å². The Morgan fingerprint density at radius 2 is 1.95 bits per heavy atom. The molecule has 0 unspecified atom stereocenters. The molecule has 4 nitrogen and oxygen atoms in total. The Bertz CT molecular complexity index is 506. The van der Waals surface area contributed by atoms with Gasteiger partial charge in [0.25, 0.3) is 0 Å². The molecule has 0 atom stereocenters. The molecule has 1 rings (SSSR count). The lowest BCUT2D eigenvalue weighted by Crippen LogP contribution is -2.19. The van der Waals surface area contributed by atoms with Gasteiger partial charge in [-0.05, 0) is 30.7 Å². The van der Waals surface area contributed by atoms with Gasteiger partial charge in [0.1, 0.15) is 0 Å². The number of aryl methyl sites for hydroxylation is 1. The van der Waals surface area contributed by atoms with E-state index in [1.165, 1.54) is 7.11 Å². The second-order valence-electron chi connectivity index (χ2n) is 5.47. The van der Waals surface area contributed by atoms with E-state index in [1.54, 1.807) is 30.0 Å². The second-order valence-corrected chi connectivity index (χ2v) is 7.27. The molecule has 0 aliphatic rings. The molecule has 0 radical (unpaired) electrons. The van der Waals surface area contributed by atoms with Crippen molar-refractivity contribution in [3.63, 3.8) is 0 Å². The molecule has 1 N–H and O–H groups in total. The minimum absolute atomic E-state index is 0.0427. The molecule has 0 saturated heterocycles. The molecule has 5 heteroatoms. The molecule has 1 amide bonds. The second kappa shape index (κ2) is 6.79. The maximum atomic E-state index is 11.9. The lowest BCUT2D eigenvalue weighted by atomic mass is 10.1. The van der Waals surface area contributed by atoms with Crippen LogP contribution < -0.4 is 5.32 Å². The number of thioether (sulfide) groups is 1. The summed E-state index contributed by atoms with van der Waals surface area (Å²) in [5, 5.41) is 2.86. The number of anilines is 1. The van der Waals surface area contributed by atoms with Crippen LogP contribution in [0.4, 0.5) is 5.69 Å². The first-order chi connectivity index (χ1) is 9.23. The molecule has 0 fully saturated rings. The number of nitrogens with one attached hydrogen (secondary N) is 1. The summed E-state index contributed by atoms with van der Waals surface area (Å²) in [6.07, 6.45) is 0. The van der Waals surface area contributed by atoms with Gasteiger partial charge >= 0.3 is 5.97 Å². The zero-order valence-electron chi connectivity index (χ0n) is 12.6. The first kappa shape index (κ1) is 16.6. The Hall–Kier alpha value is -1.49. The summed E-state index contributed by atoms with van der Waals surface area (Å²) in [4.78, 5) is 23.3. The summed E-state index contributed by atoms with van der Waals surface area (Å²) in [5.74, 6) is -0.0186. The number of amides is 1. The van der Waals surface area contributed by atoms with E-state index in [4.69, 9.17) is 0 Å². The summed E-state index contributed by atoms with van der Waals surface area (Å²) >= 11 is 1.59. The van der Waals surface area contributed by atoms with E-state index in [2.05, 4.69) is 30.8 Å². The maximum absolute atomic E-state index is 11.9. The number of ether oxygens (including phenoxy) is 1. The predicted molar refractivity (Wildman–Crippen MR) is 83.4 cm³/mol. The minimum atomic E-state index is -0.380. The largest absolute Gasteiger partial charge is 0.465 e. The first-order valence-electron chi connectivity index (χ1n) is 6.36. The molecule has 110 valence electrons. The summed E-state index contributed by atoms with van der Waals surface area (Å²) in [5.41, 5.74) is 2.03. The van der Waals surface area contributed by atoms with Gasteiger partial charge in [-0.2, -0.15) is 0 Å². The van der Waals surface area contributed by atoms with Gasteiger partial charge in [0, 0.05) is 10.4 Å². The maximum Gasteiger partial charge on any atom is 0.337 e. The third-order valence-corrected chi connectivity index (χ3v) is 3.83. The highest BCUT2D eigenvalue weighted by Crippen LogP contribution is 2.23. The molecule has 1 aromatic rings. The van der Waals surface area contributed by atoms with Gasteiger partial charge in [-0.15, -0.1) is 11.8 Å². The third-order valence-electron chi connectivity index (χ3n) is 2.56. The van der Waals surface area contributed by atoms with E-state index >= 15 is 0 Å². The van der Waals surface area contributed by atoms with E-state index in [1.807, 2.05) is 6.92 Å². The van der Waals surface area contributed by atoms with E-state index in [9.17, 15) is 9.59 Å². The van der Waals surface area contributed by atoms with Crippen LogP contribution in [-0.2, 0) is 9.53 Å². The average Bonchev–Trinajstić information content (AvgIpc) is 2.37. The predicted octanol–water partition coefficient (Wildman–Crippen LogP) is 3.25. The van der Waals surface area contributed by atoms with Crippen molar-refractivity contribution in [1.82, 2.24) is 0 Å². The summed E-state index contributed by atoms with van der Waals surface area (Å²) in [7, 11) is 1.34. The van der Waals surface area contributed by atoms with Gasteiger partial charge in [0.05, 0.1) is 18.4 Å². The van der Waals surface area contributed by atoms with E-state index in [-0.39, 0.29) is 16.6 Å². The summed E-state index contributed by atoms with van der Waals surface area (Å²) < 4.78 is 4.72. The molecule has 0 aliphatic heterocycles. The molecule has 0 saturated carbocycles. The fourth-order valence-electron chi connectivity index (χ4n) is 1.52. The number of hydrogen-bond donors (Lipinski definition) is 1. The molecule has 20 heavy (non-hydrogen) atoms. The zero-order valence-corrected chi connectivity index (χ0v) is 13.4. The van der Waals surface area contributed by atoms with Gasteiger partial charge in [0.15, 0.2) is 0 Å². The Morgan fingerprint density at radius 3 is 2.45 bits per heavy atom. The van der Waals surface area contributed by atoms with E-state index in [0.717, 1.165) is 11.3 Å². The number of esters is 1. The minimum Gasteiger partial charge on any atom is -0.465 e. The van der Waals surface area contributed by atoms with E-state index < -0.39 is 0 Å². The van der Waals surface area contributed by atoms with Crippen molar-refractivity contribution in [2.24, 2.45) is 0 Å². The fraction of sp³-hybridized carbons (Fsp3) is 0.467. The number of hydrogen-bond acceptors (Lipinski definition) is 4. The summed E-state index contributed by atoms with van der Waals surface area (Å²) in [6, 6.07) is 5.07. The Labute approximate surface area is 124 Å². The Balaban J connectivity index is 2.69. The molecule has 1 aromatic carbocycles. The third kappa shape index (κ3) is 5.25. The van der Waals surface area contributed by atoms with Crippen LogP contribution in [0.5, 0.6) is 0 Å². The van der Waals surface area contributed by atoms with Crippen LogP contribution in [0.1, 0.15) is 36.7 Å². The van der Waals surface area contributed by atoms with E-state index in [0.29, 0.717) is 11.3 Å². The fourth-order valence-corrected chi connectivity index (χ4v) is 2.15. The molecule has 0 aromatic heterocycles. The number of carbonyl (C=O) groups excluding carboxylic acids is 2. The van der Waals surface area contributed by atoms with Crippen LogP contribution in [0.2, 0.25) is 0 Å². The van der Waals surface area contributed by atoms with Crippen molar-refractivity contribution in [1.29, 1.82) is 0 Å². The molecular formula is C15H21NO3S. The first-order valence-corrected chi connectivity index (χ1v) is 7.34. The number of rotatable bonds is 4. The number of carbonyl (C=O) groups is 2. The van der Waals surface area contributed by atoms with Gasteiger partial charge in [0.2, 0.25) is 5.91 Å². The van der Waals surface area contributed by atoms with Crippen molar-refractivity contribution in [3.05, 3.63) is 29.3 Å². The Morgan fingerprint density at radius 1 is 1.30 bits per heavy atom. The van der Waals surface area contributed by atoms with Crippen molar-refractivity contribution >= 4 is 29.3 Å². The van der Waals surface area contributed by atoms with Gasteiger partial charge in [-0.25, -0.2) is 4.79 Å². The van der Waals surface area contributed by atoms with Crippen LogP contribution >= 0.6 is 11.8 Å². The van der Waals surface area contributed by atoms with Crippen LogP contribution in [-0.4, -0.2) is 29.5 Å². The molecular weight excluding hydrogens is 274 g/mol. The summed E-state index contributed by atoms with van der Waals surface area (Å²) in [6.45, 7) is 8.06. The quantitative estimate of drug-likeness (QED) is 0.866. The van der Waals surface area contributed by atoms with Crippen molar-refractivity contribution < 1.29 is 14.3 Å². The lowest BCUT2D eigenvalue weighted by molar-refractivity contribution is -0.113. The zero-order chi connectivity index (χ0) is 15.3. The van der Waals surface area contributed by atoms with Crippen molar-refractivity contribution in [3.8, 4) is 0 Å². The molecule has 0 heterocycles. The smallest absolute Gasteiger partial charge is 0.337 e. The average molecular weight is 295 g/mol. The molecule has 0 bridgehead atoms. The molecule has 0 aliphatic carbocycles. The standard InChI is InChI=1S/C15H21NO3S/c1-10-8-11(14(18)19-5)6-7-12(10)16-13(17)9-20-15(2,3)4/h6-8H,9H2,1-5H3,(H,16,17). The molecule has 0 spiro atoms. The van der Waals surface area contributed by atoms with Crippen molar-refractivity contribution in [2.75, 3.05) is 18.2 Å². The van der Waals surface area contributed by atoms with Gasteiger partial charge in [-0.3, -0.25) is 4.79 Å². The highest BCUT2D eigenvalue weighted by Gasteiger charge is 2.14. The highest BCUT2D eigenvalue weighted by molar-refractivity contribution is 8.01. The van der Waals surface area contributed by atoms with Crippen LogP contribution in [0, 0.1) is 6.92 Å². The number of methoxy groups -OCH3 is 1. The van der Waals surface area contributed by atoms with Gasteiger partial charge in [-0.1, -0.05) is 20.8 Å². The lowest BCUT2D eigenvalue weighted by Gasteiger charge is -2.17. The monoisotopic (exact) mass is 295 g/mol. The number of benzene rings is 1.